The van der Waals surface area contributed by atoms with Gasteiger partial charge < -0.3 is 19.9 Å². The zero-order valence-corrected chi connectivity index (χ0v) is 15.9. The molecular formula is C18H29N5O3. The van der Waals surface area contributed by atoms with Gasteiger partial charge in [-0.3, -0.25) is 14.3 Å². The van der Waals surface area contributed by atoms with Crippen LogP contribution in [0.4, 0.5) is 0 Å². The number of aromatic nitrogens is 2. The molecule has 0 saturated carbocycles. The topological polar surface area (TPSA) is 79.7 Å². The highest BCUT2D eigenvalue weighted by Crippen LogP contribution is 2.16. The Kier molecular flexibility index (Phi) is 5.93. The first-order valence-corrected chi connectivity index (χ1v) is 9.38. The molecule has 0 aromatic carbocycles. The molecular weight excluding hydrogens is 334 g/mol. The van der Waals surface area contributed by atoms with E-state index in [2.05, 4.69) is 24.3 Å². The number of aryl methyl sites for hydroxylation is 1. The summed E-state index contributed by atoms with van der Waals surface area (Å²) in [4.78, 5) is 29.6. The predicted molar refractivity (Wildman–Crippen MR) is 96.8 cm³/mol. The first-order chi connectivity index (χ1) is 12.5. The standard InChI is InChI=1S/C18H29N5O3/c1-13(2)10-14-11-15(21(3)20-14)18(25)23-5-4-19-12-16(23)17(24)22-6-8-26-9-7-22/h11,13,16,19H,4-10,12H2,1-3H3/t16-/m1/s1. The maximum Gasteiger partial charge on any atom is 0.272 e. The van der Waals surface area contributed by atoms with Crippen LogP contribution in [0, 0.1) is 5.92 Å². The molecule has 3 heterocycles. The lowest BCUT2D eigenvalue weighted by atomic mass is 10.1. The summed E-state index contributed by atoms with van der Waals surface area (Å²) in [6, 6.07) is 1.39. The molecule has 0 bridgehead atoms. The second kappa shape index (κ2) is 8.18. The number of rotatable bonds is 4. The number of ether oxygens (including phenoxy) is 1. The summed E-state index contributed by atoms with van der Waals surface area (Å²) < 4.78 is 6.97. The Morgan fingerprint density at radius 1 is 1.31 bits per heavy atom. The summed E-state index contributed by atoms with van der Waals surface area (Å²) >= 11 is 0. The molecule has 0 unspecified atom stereocenters. The molecule has 2 saturated heterocycles. The molecule has 0 radical (unpaired) electrons. The number of morpholine rings is 1. The van der Waals surface area contributed by atoms with Crippen LogP contribution < -0.4 is 5.32 Å². The number of nitrogens with zero attached hydrogens (tertiary/aromatic N) is 4. The van der Waals surface area contributed by atoms with Gasteiger partial charge in [-0.15, -0.1) is 0 Å². The van der Waals surface area contributed by atoms with Gasteiger partial charge in [0, 0.05) is 39.8 Å². The molecule has 1 atom stereocenters. The molecule has 2 amide bonds. The molecule has 8 heteroatoms. The van der Waals surface area contributed by atoms with E-state index in [9.17, 15) is 9.59 Å². The van der Waals surface area contributed by atoms with Crippen LogP contribution in [0.25, 0.3) is 0 Å². The largest absolute Gasteiger partial charge is 0.378 e. The molecule has 2 aliphatic rings. The number of carbonyl (C=O) groups is 2. The zero-order valence-electron chi connectivity index (χ0n) is 15.9. The minimum absolute atomic E-state index is 0.00146. The van der Waals surface area contributed by atoms with E-state index in [1.807, 2.05) is 6.07 Å². The van der Waals surface area contributed by atoms with Crippen LogP contribution in [0.15, 0.2) is 6.07 Å². The third-order valence-corrected chi connectivity index (χ3v) is 4.88. The average molecular weight is 363 g/mol. The van der Waals surface area contributed by atoms with Crippen molar-refractivity contribution < 1.29 is 14.3 Å². The van der Waals surface area contributed by atoms with Gasteiger partial charge in [-0.1, -0.05) is 13.8 Å². The number of amides is 2. The molecule has 26 heavy (non-hydrogen) atoms. The lowest BCUT2D eigenvalue weighted by Crippen LogP contribution is -2.61. The highest BCUT2D eigenvalue weighted by molar-refractivity contribution is 5.96. The van der Waals surface area contributed by atoms with Crippen molar-refractivity contribution in [3.63, 3.8) is 0 Å². The van der Waals surface area contributed by atoms with Crippen molar-refractivity contribution in [3.05, 3.63) is 17.5 Å². The Morgan fingerprint density at radius 2 is 2.04 bits per heavy atom. The van der Waals surface area contributed by atoms with Crippen LogP contribution >= 0.6 is 0 Å². The highest BCUT2D eigenvalue weighted by Gasteiger charge is 2.36. The molecule has 0 aliphatic carbocycles. The van der Waals surface area contributed by atoms with Crippen LogP contribution in [-0.4, -0.2) is 83.4 Å². The molecule has 2 aliphatic heterocycles. The summed E-state index contributed by atoms with van der Waals surface area (Å²) in [6.45, 7) is 8.23. The van der Waals surface area contributed by atoms with Gasteiger partial charge in [-0.2, -0.15) is 5.10 Å². The molecule has 1 aromatic heterocycles. The normalized spacial score (nSPS) is 21.3. The number of nitrogens with one attached hydrogen (secondary N) is 1. The Hall–Kier alpha value is -1.93. The van der Waals surface area contributed by atoms with E-state index in [0.29, 0.717) is 57.5 Å². The van der Waals surface area contributed by atoms with Crippen molar-refractivity contribution in [1.82, 2.24) is 24.9 Å². The summed E-state index contributed by atoms with van der Waals surface area (Å²) in [5.41, 5.74) is 1.46. The Morgan fingerprint density at radius 3 is 2.73 bits per heavy atom. The molecule has 3 rings (SSSR count). The van der Waals surface area contributed by atoms with Gasteiger partial charge in [0.05, 0.1) is 18.9 Å². The third-order valence-electron chi connectivity index (χ3n) is 4.88. The quantitative estimate of drug-likeness (QED) is 0.808. The summed E-state index contributed by atoms with van der Waals surface area (Å²) in [5.74, 6) is 0.351. The summed E-state index contributed by atoms with van der Waals surface area (Å²) in [5, 5.41) is 7.71. The summed E-state index contributed by atoms with van der Waals surface area (Å²) in [6.07, 6.45) is 0.832. The summed E-state index contributed by atoms with van der Waals surface area (Å²) in [7, 11) is 1.79. The van der Waals surface area contributed by atoms with E-state index in [4.69, 9.17) is 4.74 Å². The molecule has 1 N–H and O–H groups in total. The van der Waals surface area contributed by atoms with Crippen molar-refractivity contribution in [1.29, 1.82) is 0 Å². The fourth-order valence-corrected chi connectivity index (χ4v) is 3.55. The minimum atomic E-state index is -0.474. The van der Waals surface area contributed by atoms with Gasteiger partial charge in [0.15, 0.2) is 0 Å². The van der Waals surface area contributed by atoms with Crippen molar-refractivity contribution in [2.24, 2.45) is 13.0 Å². The van der Waals surface area contributed by atoms with E-state index >= 15 is 0 Å². The fourth-order valence-electron chi connectivity index (χ4n) is 3.55. The van der Waals surface area contributed by atoms with Crippen molar-refractivity contribution >= 4 is 11.8 Å². The van der Waals surface area contributed by atoms with E-state index in [-0.39, 0.29) is 11.8 Å². The van der Waals surface area contributed by atoms with Crippen molar-refractivity contribution in [2.75, 3.05) is 45.9 Å². The lowest BCUT2D eigenvalue weighted by molar-refractivity contribution is -0.140. The Labute approximate surface area is 154 Å². The maximum absolute atomic E-state index is 13.2. The second-order valence-corrected chi connectivity index (χ2v) is 7.40. The van der Waals surface area contributed by atoms with Crippen molar-refractivity contribution in [3.8, 4) is 0 Å². The van der Waals surface area contributed by atoms with Gasteiger partial charge in [0.25, 0.3) is 5.91 Å². The van der Waals surface area contributed by atoms with Crippen LogP contribution in [0.3, 0.4) is 0 Å². The van der Waals surface area contributed by atoms with Gasteiger partial charge in [-0.05, 0) is 18.4 Å². The molecule has 144 valence electrons. The molecule has 1 aromatic rings. The number of carbonyl (C=O) groups excluding carboxylic acids is 2. The monoisotopic (exact) mass is 363 g/mol. The van der Waals surface area contributed by atoms with E-state index in [1.165, 1.54) is 0 Å². The predicted octanol–water partition coefficient (Wildman–Crippen LogP) is -0.109. The first kappa shape index (κ1) is 18.8. The zero-order chi connectivity index (χ0) is 18.7. The fraction of sp³-hybridized carbons (Fsp3) is 0.722. The van der Waals surface area contributed by atoms with Gasteiger partial charge in [0.1, 0.15) is 11.7 Å². The van der Waals surface area contributed by atoms with Crippen LogP contribution in [0.5, 0.6) is 0 Å². The molecule has 2 fully saturated rings. The SMILES string of the molecule is CC(C)Cc1cc(C(=O)N2CCNC[C@@H]2C(=O)N2CCOCC2)n(C)n1. The average Bonchev–Trinajstić information content (AvgIpc) is 3.00. The highest BCUT2D eigenvalue weighted by atomic mass is 16.5. The smallest absolute Gasteiger partial charge is 0.272 e. The first-order valence-electron chi connectivity index (χ1n) is 9.38. The maximum atomic E-state index is 13.2. The van der Waals surface area contributed by atoms with E-state index in [0.717, 1.165) is 12.1 Å². The van der Waals surface area contributed by atoms with Crippen LogP contribution in [0.1, 0.15) is 30.0 Å². The number of hydrogen-bond donors (Lipinski definition) is 1. The van der Waals surface area contributed by atoms with Gasteiger partial charge in [-0.25, -0.2) is 0 Å². The lowest BCUT2D eigenvalue weighted by Gasteiger charge is -2.38. The van der Waals surface area contributed by atoms with Crippen molar-refractivity contribution in [2.45, 2.75) is 26.3 Å². The Balaban J connectivity index is 1.77. The second-order valence-electron chi connectivity index (χ2n) is 7.40. The third kappa shape index (κ3) is 4.07. The molecule has 8 nitrogen and oxygen atoms in total. The van der Waals surface area contributed by atoms with E-state index < -0.39 is 6.04 Å². The molecule has 0 spiro atoms. The van der Waals surface area contributed by atoms with Gasteiger partial charge >= 0.3 is 0 Å². The number of piperazine rings is 1. The van der Waals surface area contributed by atoms with Gasteiger partial charge in [0.2, 0.25) is 5.91 Å². The minimum Gasteiger partial charge on any atom is -0.378 e. The number of hydrogen-bond acceptors (Lipinski definition) is 5. The van der Waals surface area contributed by atoms with E-state index in [1.54, 1.807) is 21.5 Å². The van der Waals surface area contributed by atoms with Crippen LogP contribution in [-0.2, 0) is 23.0 Å². The Bertz CT molecular complexity index is 651. The van der Waals surface area contributed by atoms with Crippen LogP contribution in [0.2, 0.25) is 0 Å².